The van der Waals surface area contributed by atoms with E-state index in [4.69, 9.17) is 16.3 Å². The maximum Gasteiger partial charge on any atom is 0.310 e. The molecule has 1 aromatic carbocycles. The molecule has 2 fully saturated rings. The van der Waals surface area contributed by atoms with Gasteiger partial charge in [-0.05, 0) is 25.0 Å². The van der Waals surface area contributed by atoms with Gasteiger partial charge in [0, 0.05) is 0 Å². The third-order valence-electron chi connectivity index (χ3n) is 3.99. The van der Waals surface area contributed by atoms with Crippen molar-refractivity contribution in [3.8, 4) is 0 Å². The van der Waals surface area contributed by atoms with Crippen LogP contribution in [-0.4, -0.2) is 29.2 Å². The summed E-state index contributed by atoms with van der Waals surface area (Å²) in [6.45, 7) is 0. The Hall–Kier alpha value is -1.59. The van der Waals surface area contributed by atoms with Crippen LogP contribution in [0, 0.1) is 11.8 Å². The summed E-state index contributed by atoms with van der Waals surface area (Å²) in [5.74, 6) is -2.73. The molecule has 20 heavy (non-hydrogen) atoms. The standard InChI is InChI=1S/C14H14ClNO4/c15-7-3-1-2-4-8(7)16-13(17)11-9-5-6-10(20-9)12(11)14(18)19/h1-4,9-12H,5-6H2,(H,16,17)(H,18,19). The van der Waals surface area contributed by atoms with Crippen molar-refractivity contribution in [2.24, 2.45) is 11.8 Å². The van der Waals surface area contributed by atoms with Gasteiger partial charge in [-0.2, -0.15) is 0 Å². The van der Waals surface area contributed by atoms with Crippen LogP contribution >= 0.6 is 11.6 Å². The second kappa shape index (κ2) is 5.07. The molecule has 4 atom stereocenters. The predicted molar refractivity (Wildman–Crippen MR) is 72.6 cm³/mol. The summed E-state index contributed by atoms with van der Waals surface area (Å²) in [4.78, 5) is 23.7. The van der Waals surface area contributed by atoms with Crippen molar-refractivity contribution in [2.75, 3.05) is 5.32 Å². The Bertz CT molecular complexity index is 562. The van der Waals surface area contributed by atoms with Crippen molar-refractivity contribution in [3.63, 3.8) is 0 Å². The molecule has 2 aliphatic rings. The first-order valence-corrected chi connectivity index (χ1v) is 6.89. The van der Waals surface area contributed by atoms with Crippen LogP contribution in [0.5, 0.6) is 0 Å². The quantitative estimate of drug-likeness (QED) is 0.896. The third kappa shape index (κ3) is 2.17. The SMILES string of the molecule is O=C(O)C1C2CCC(O2)C1C(=O)Nc1ccccc1Cl. The highest BCUT2D eigenvalue weighted by atomic mass is 35.5. The number of para-hydroxylation sites is 1. The van der Waals surface area contributed by atoms with Crippen LogP contribution in [0.2, 0.25) is 5.02 Å². The molecular formula is C14H14ClNO4. The summed E-state index contributed by atoms with van der Waals surface area (Å²) in [5, 5.41) is 12.4. The van der Waals surface area contributed by atoms with Crippen LogP contribution in [-0.2, 0) is 14.3 Å². The fraction of sp³-hybridized carbons (Fsp3) is 0.429. The summed E-state index contributed by atoms with van der Waals surface area (Å²) >= 11 is 5.99. The summed E-state index contributed by atoms with van der Waals surface area (Å²) in [7, 11) is 0. The van der Waals surface area contributed by atoms with Gasteiger partial charge in [-0.25, -0.2) is 0 Å². The number of carboxylic acids is 1. The number of rotatable bonds is 3. The number of ether oxygens (including phenoxy) is 1. The lowest BCUT2D eigenvalue weighted by Crippen LogP contribution is -2.40. The van der Waals surface area contributed by atoms with Gasteiger partial charge in [0.2, 0.25) is 5.91 Å². The Balaban J connectivity index is 1.80. The molecule has 2 bridgehead atoms. The zero-order valence-electron chi connectivity index (χ0n) is 10.6. The number of aliphatic carboxylic acids is 1. The number of carbonyl (C=O) groups excluding carboxylic acids is 1. The second-order valence-corrected chi connectivity index (χ2v) is 5.56. The van der Waals surface area contributed by atoms with E-state index < -0.39 is 17.8 Å². The van der Waals surface area contributed by atoms with Crippen molar-refractivity contribution in [3.05, 3.63) is 29.3 Å². The normalized spacial score (nSPS) is 31.2. The van der Waals surface area contributed by atoms with Crippen LogP contribution < -0.4 is 5.32 Å². The van der Waals surface area contributed by atoms with E-state index in [9.17, 15) is 14.7 Å². The summed E-state index contributed by atoms with van der Waals surface area (Å²) < 4.78 is 5.57. The van der Waals surface area contributed by atoms with E-state index in [0.717, 1.165) is 6.42 Å². The molecule has 5 nitrogen and oxygen atoms in total. The highest BCUT2D eigenvalue weighted by Gasteiger charge is 2.55. The lowest BCUT2D eigenvalue weighted by Gasteiger charge is -2.24. The van der Waals surface area contributed by atoms with Crippen LogP contribution in [0.25, 0.3) is 0 Å². The van der Waals surface area contributed by atoms with Gasteiger partial charge >= 0.3 is 5.97 Å². The largest absolute Gasteiger partial charge is 0.481 e. The average molecular weight is 296 g/mol. The van der Waals surface area contributed by atoms with Gasteiger partial charge in [-0.1, -0.05) is 23.7 Å². The van der Waals surface area contributed by atoms with Crippen LogP contribution in [0.15, 0.2) is 24.3 Å². The van der Waals surface area contributed by atoms with E-state index in [-0.39, 0.29) is 18.1 Å². The molecule has 2 N–H and O–H groups in total. The Morgan fingerprint density at radius 3 is 2.50 bits per heavy atom. The first-order chi connectivity index (χ1) is 9.58. The van der Waals surface area contributed by atoms with Gasteiger partial charge in [0.15, 0.2) is 0 Å². The molecule has 2 saturated heterocycles. The van der Waals surface area contributed by atoms with E-state index >= 15 is 0 Å². The second-order valence-electron chi connectivity index (χ2n) is 5.15. The molecule has 0 aliphatic carbocycles. The Morgan fingerprint density at radius 1 is 1.20 bits per heavy atom. The third-order valence-corrected chi connectivity index (χ3v) is 4.32. The Morgan fingerprint density at radius 2 is 1.85 bits per heavy atom. The molecule has 0 saturated carbocycles. The van der Waals surface area contributed by atoms with Crippen molar-refractivity contribution in [1.82, 2.24) is 0 Å². The number of hydrogen-bond donors (Lipinski definition) is 2. The maximum absolute atomic E-state index is 12.4. The number of hydrogen-bond acceptors (Lipinski definition) is 3. The Labute approximate surface area is 120 Å². The van der Waals surface area contributed by atoms with Gasteiger partial charge in [-0.3, -0.25) is 9.59 Å². The zero-order valence-corrected chi connectivity index (χ0v) is 11.3. The van der Waals surface area contributed by atoms with Crippen LogP contribution in [0.1, 0.15) is 12.8 Å². The lowest BCUT2D eigenvalue weighted by molar-refractivity contribution is -0.147. The monoisotopic (exact) mass is 295 g/mol. The molecule has 4 unspecified atom stereocenters. The van der Waals surface area contributed by atoms with Crippen LogP contribution in [0.3, 0.4) is 0 Å². The van der Waals surface area contributed by atoms with E-state index in [1.807, 2.05) is 0 Å². The van der Waals surface area contributed by atoms with E-state index in [1.165, 1.54) is 0 Å². The predicted octanol–water partition coefficient (Wildman–Crippen LogP) is 2.16. The number of carboxylic acid groups (broad SMARTS) is 1. The topological polar surface area (TPSA) is 75.6 Å². The van der Waals surface area contributed by atoms with Crippen LogP contribution in [0.4, 0.5) is 5.69 Å². The van der Waals surface area contributed by atoms with E-state index in [1.54, 1.807) is 24.3 Å². The summed E-state index contributed by atoms with van der Waals surface area (Å²) in [6.07, 6.45) is 0.787. The highest BCUT2D eigenvalue weighted by Crippen LogP contribution is 2.44. The molecule has 2 aliphatic heterocycles. The van der Waals surface area contributed by atoms with Gasteiger partial charge < -0.3 is 15.2 Å². The smallest absolute Gasteiger partial charge is 0.310 e. The number of fused-ring (bicyclic) bond motifs is 2. The molecule has 2 heterocycles. The molecule has 0 radical (unpaired) electrons. The van der Waals surface area contributed by atoms with Crippen molar-refractivity contribution >= 4 is 29.2 Å². The highest BCUT2D eigenvalue weighted by molar-refractivity contribution is 6.33. The molecule has 0 aromatic heterocycles. The van der Waals surface area contributed by atoms with Gasteiger partial charge in [0.25, 0.3) is 0 Å². The minimum Gasteiger partial charge on any atom is -0.481 e. The summed E-state index contributed by atoms with van der Waals surface area (Å²) in [6, 6.07) is 6.87. The number of anilines is 1. The number of nitrogens with one attached hydrogen (secondary N) is 1. The molecule has 3 rings (SSSR count). The van der Waals surface area contributed by atoms with Crippen molar-refractivity contribution in [2.45, 2.75) is 25.0 Å². The maximum atomic E-state index is 12.4. The van der Waals surface area contributed by atoms with E-state index in [2.05, 4.69) is 5.32 Å². The van der Waals surface area contributed by atoms with Gasteiger partial charge in [0.1, 0.15) is 0 Å². The lowest BCUT2D eigenvalue weighted by atomic mass is 9.78. The molecule has 1 aromatic rings. The fourth-order valence-electron chi connectivity index (χ4n) is 3.10. The molecule has 106 valence electrons. The number of benzene rings is 1. The summed E-state index contributed by atoms with van der Waals surface area (Å²) in [5.41, 5.74) is 0.492. The van der Waals surface area contributed by atoms with Crippen molar-refractivity contribution < 1.29 is 19.4 Å². The molecule has 1 amide bonds. The zero-order chi connectivity index (χ0) is 14.3. The van der Waals surface area contributed by atoms with Gasteiger partial charge in [-0.15, -0.1) is 0 Å². The first-order valence-electron chi connectivity index (χ1n) is 6.51. The Kier molecular flexibility index (Phi) is 3.40. The molecule has 6 heteroatoms. The van der Waals surface area contributed by atoms with E-state index in [0.29, 0.717) is 17.1 Å². The number of carbonyl (C=O) groups is 2. The molecular weight excluding hydrogens is 282 g/mol. The van der Waals surface area contributed by atoms with Crippen molar-refractivity contribution in [1.29, 1.82) is 0 Å². The van der Waals surface area contributed by atoms with Gasteiger partial charge in [0.05, 0.1) is 34.8 Å². The molecule has 0 spiro atoms. The minimum atomic E-state index is -0.975. The number of halogens is 1. The average Bonchev–Trinajstić information content (AvgIpc) is 3.01. The minimum absolute atomic E-state index is 0.302. The number of amides is 1. The first kappa shape index (κ1) is 13.4. The fourth-order valence-corrected chi connectivity index (χ4v) is 3.29.